The lowest BCUT2D eigenvalue weighted by molar-refractivity contribution is -0.127. The van der Waals surface area contributed by atoms with Gasteiger partial charge in [-0.3, -0.25) is 9.59 Å². The van der Waals surface area contributed by atoms with E-state index in [1.54, 1.807) is 42.5 Å². The fourth-order valence-corrected chi connectivity index (χ4v) is 3.22. The molecule has 1 atom stereocenters. The summed E-state index contributed by atoms with van der Waals surface area (Å²) in [7, 11) is 1.52. The van der Waals surface area contributed by atoms with Crippen molar-refractivity contribution in [3.63, 3.8) is 0 Å². The molecule has 2 aromatic carbocycles. The zero-order valence-electron chi connectivity index (χ0n) is 14.9. The predicted molar refractivity (Wildman–Crippen MR) is 107 cm³/mol. The first-order chi connectivity index (χ1) is 13.6. The van der Waals surface area contributed by atoms with E-state index in [-0.39, 0.29) is 28.7 Å². The first-order valence-corrected chi connectivity index (χ1v) is 9.72. The van der Waals surface area contributed by atoms with Crippen molar-refractivity contribution in [2.45, 2.75) is 11.3 Å². The van der Waals surface area contributed by atoms with Crippen molar-refractivity contribution in [2.75, 3.05) is 12.8 Å². The van der Waals surface area contributed by atoms with E-state index >= 15 is 0 Å². The van der Waals surface area contributed by atoms with Crippen LogP contribution in [-0.2, 0) is 9.59 Å². The number of thioether (sulfide) groups is 1. The maximum Gasteiger partial charge on any atom is 0.277 e. The molecule has 0 aliphatic carbocycles. The molecule has 2 amide bonds. The Morgan fingerprint density at radius 3 is 2.54 bits per heavy atom. The molecule has 1 unspecified atom stereocenters. The highest BCUT2D eigenvalue weighted by Crippen LogP contribution is 2.28. The molecule has 0 bridgehead atoms. The number of carbonyl (C=O) groups excluding carboxylic acids is 2. The number of benzene rings is 2. The predicted octanol–water partition coefficient (Wildman–Crippen LogP) is 3.09. The minimum Gasteiger partial charge on any atom is -0.411 e. The van der Waals surface area contributed by atoms with E-state index in [4.69, 9.17) is 16.0 Å². The summed E-state index contributed by atoms with van der Waals surface area (Å²) in [6, 6.07) is 15.3. The molecule has 1 aromatic heterocycles. The minimum absolute atomic E-state index is 0.0183. The molecule has 0 fully saturated rings. The molecule has 0 saturated carbocycles. The third-order valence-corrected chi connectivity index (χ3v) is 4.93. The molecule has 0 aliphatic heterocycles. The molecule has 1 heterocycles. The van der Waals surface area contributed by atoms with E-state index in [1.807, 2.05) is 12.1 Å². The lowest BCUT2D eigenvalue weighted by Crippen LogP contribution is -2.39. The van der Waals surface area contributed by atoms with Crippen LogP contribution in [0.1, 0.15) is 11.6 Å². The normalized spacial score (nSPS) is 11.6. The molecule has 28 heavy (non-hydrogen) atoms. The highest BCUT2D eigenvalue weighted by Gasteiger charge is 2.22. The summed E-state index contributed by atoms with van der Waals surface area (Å²) in [5.74, 6) is -0.339. The van der Waals surface area contributed by atoms with Crippen LogP contribution in [0.2, 0.25) is 5.02 Å². The van der Waals surface area contributed by atoms with Crippen molar-refractivity contribution in [3.05, 3.63) is 65.2 Å². The summed E-state index contributed by atoms with van der Waals surface area (Å²) >= 11 is 7.20. The van der Waals surface area contributed by atoms with Crippen molar-refractivity contribution in [2.24, 2.45) is 0 Å². The van der Waals surface area contributed by atoms with Gasteiger partial charge in [-0.2, -0.15) is 0 Å². The van der Waals surface area contributed by atoms with E-state index in [0.29, 0.717) is 16.1 Å². The molecule has 2 N–H and O–H groups in total. The second-order valence-corrected chi connectivity index (χ2v) is 7.00. The number of hydrogen-bond donors (Lipinski definition) is 2. The first-order valence-electron chi connectivity index (χ1n) is 8.35. The summed E-state index contributed by atoms with van der Waals surface area (Å²) < 4.78 is 5.56. The van der Waals surface area contributed by atoms with Gasteiger partial charge >= 0.3 is 0 Å². The second kappa shape index (κ2) is 9.38. The van der Waals surface area contributed by atoms with Gasteiger partial charge in [0, 0.05) is 7.05 Å². The van der Waals surface area contributed by atoms with Gasteiger partial charge in [-0.15, -0.1) is 10.2 Å². The lowest BCUT2D eigenvalue weighted by Gasteiger charge is -2.17. The Morgan fingerprint density at radius 1 is 1.11 bits per heavy atom. The van der Waals surface area contributed by atoms with Gasteiger partial charge in [0.25, 0.3) is 5.22 Å². The fraction of sp³-hybridized carbons (Fsp3) is 0.158. The monoisotopic (exact) mass is 416 g/mol. The molecular weight excluding hydrogens is 400 g/mol. The quantitative estimate of drug-likeness (QED) is 0.574. The van der Waals surface area contributed by atoms with Gasteiger partial charge in [-0.1, -0.05) is 65.8 Å². The van der Waals surface area contributed by atoms with Gasteiger partial charge in [0.15, 0.2) is 0 Å². The van der Waals surface area contributed by atoms with Crippen LogP contribution in [0.5, 0.6) is 0 Å². The van der Waals surface area contributed by atoms with Gasteiger partial charge in [0.2, 0.25) is 17.7 Å². The van der Waals surface area contributed by atoms with Gasteiger partial charge in [-0.25, -0.2) is 0 Å². The van der Waals surface area contributed by atoms with Crippen LogP contribution < -0.4 is 10.6 Å². The molecule has 7 nitrogen and oxygen atoms in total. The van der Waals surface area contributed by atoms with Crippen LogP contribution in [0.3, 0.4) is 0 Å². The van der Waals surface area contributed by atoms with Crippen molar-refractivity contribution in [1.82, 2.24) is 20.8 Å². The Bertz CT molecular complexity index is 965. The number of aromatic nitrogens is 2. The molecule has 144 valence electrons. The van der Waals surface area contributed by atoms with E-state index in [2.05, 4.69) is 20.8 Å². The zero-order valence-corrected chi connectivity index (χ0v) is 16.5. The number of halogens is 1. The van der Waals surface area contributed by atoms with E-state index in [0.717, 1.165) is 11.8 Å². The van der Waals surface area contributed by atoms with Crippen molar-refractivity contribution < 1.29 is 14.0 Å². The Balaban J connectivity index is 1.62. The second-order valence-electron chi connectivity index (χ2n) is 5.67. The van der Waals surface area contributed by atoms with Gasteiger partial charge < -0.3 is 15.1 Å². The summed E-state index contributed by atoms with van der Waals surface area (Å²) in [4.78, 5) is 24.5. The summed E-state index contributed by atoms with van der Waals surface area (Å²) in [5, 5.41) is 13.9. The van der Waals surface area contributed by atoms with Crippen molar-refractivity contribution in [3.8, 4) is 11.5 Å². The molecule has 0 spiro atoms. The smallest absolute Gasteiger partial charge is 0.277 e. The lowest BCUT2D eigenvalue weighted by atomic mass is 10.1. The van der Waals surface area contributed by atoms with Crippen molar-refractivity contribution in [1.29, 1.82) is 0 Å². The highest BCUT2D eigenvalue weighted by atomic mass is 35.5. The molecular formula is C19H17ClN4O3S. The van der Waals surface area contributed by atoms with Gasteiger partial charge in [0.05, 0.1) is 16.3 Å². The Morgan fingerprint density at radius 2 is 1.82 bits per heavy atom. The number of likely N-dealkylation sites (N-methyl/N-ethyl adjacent to an activating group) is 1. The standard InChI is InChI=1S/C19H17ClN4O3S/c1-21-17(26)16(12-7-3-2-4-8-12)22-15(25)11-28-19-24-23-18(27-19)13-9-5-6-10-14(13)20/h2-10,16H,11H2,1H3,(H,21,26)(H,22,25). The topological polar surface area (TPSA) is 97.1 Å². The fourth-order valence-electron chi connectivity index (χ4n) is 2.43. The Labute approximate surface area is 170 Å². The van der Waals surface area contributed by atoms with E-state index < -0.39 is 6.04 Å². The highest BCUT2D eigenvalue weighted by molar-refractivity contribution is 7.99. The maximum absolute atomic E-state index is 12.3. The molecule has 3 rings (SSSR count). The molecule has 0 radical (unpaired) electrons. The SMILES string of the molecule is CNC(=O)C(NC(=O)CSc1nnc(-c2ccccc2Cl)o1)c1ccccc1. The average molecular weight is 417 g/mol. The number of carbonyl (C=O) groups is 2. The summed E-state index contributed by atoms with van der Waals surface area (Å²) in [6.45, 7) is 0. The van der Waals surface area contributed by atoms with Gasteiger partial charge in [0.1, 0.15) is 6.04 Å². The van der Waals surface area contributed by atoms with Crippen LogP contribution in [0.4, 0.5) is 0 Å². The Hall–Kier alpha value is -2.84. The Kier molecular flexibility index (Phi) is 6.67. The summed E-state index contributed by atoms with van der Waals surface area (Å²) in [6.07, 6.45) is 0. The van der Waals surface area contributed by atoms with E-state index in [1.165, 1.54) is 7.05 Å². The van der Waals surface area contributed by atoms with E-state index in [9.17, 15) is 9.59 Å². The minimum atomic E-state index is -0.777. The molecule has 9 heteroatoms. The molecule has 0 saturated heterocycles. The zero-order chi connectivity index (χ0) is 19.9. The molecule has 3 aromatic rings. The summed E-state index contributed by atoms with van der Waals surface area (Å²) in [5.41, 5.74) is 1.32. The number of hydrogen-bond acceptors (Lipinski definition) is 6. The maximum atomic E-state index is 12.3. The van der Waals surface area contributed by atoms with Crippen LogP contribution in [-0.4, -0.2) is 34.8 Å². The first kappa shape index (κ1) is 19.9. The number of amides is 2. The van der Waals surface area contributed by atoms with Crippen molar-refractivity contribution >= 4 is 35.2 Å². The van der Waals surface area contributed by atoms with Crippen LogP contribution >= 0.6 is 23.4 Å². The number of nitrogens with one attached hydrogen (secondary N) is 2. The van der Waals surface area contributed by atoms with Crippen LogP contribution in [0.25, 0.3) is 11.5 Å². The average Bonchev–Trinajstić information content (AvgIpc) is 3.19. The largest absolute Gasteiger partial charge is 0.411 e. The third-order valence-electron chi connectivity index (χ3n) is 3.78. The number of nitrogens with zero attached hydrogens (tertiary/aromatic N) is 2. The van der Waals surface area contributed by atoms with Crippen LogP contribution in [0.15, 0.2) is 64.2 Å². The number of rotatable bonds is 7. The molecule has 0 aliphatic rings. The van der Waals surface area contributed by atoms with Crippen LogP contribution in [0, 0.1) is 0 Å². The third kappa shape index (κ3) is 4.90. The van der Waals surface area contributed by atoms with Gasteiger partial charge in [-0.05, 0) is 17.7 Å².